The summed E-state index contributed by atoms with van der Waals surface area (Å²) in [7, 11) is 0. The van der Waals surface area contributed by atoms with Gasteiger partial charge in [0.05, 0.1) is 6.54 Å². The van der Waals surface area contributed by atoms with Crippen molar-refractivity contribution in [2.45, 2.75) is 34.6 Å². The average molecular weight is 291 g/mol. The molecule has 0 atom stereocenters. The fourth-order valence-corrected chi connectivity index (χ4v) is 2.17. The molecule has 21 heavy (non-hydrogen) atoms. The molecule has 0 heterocycles. The second kappa shape index (κ2) is 7.57. The predicted molar refractivity (Wildman–Crippen MR) is 89.5 cm³/mol. The Kier molecular flexibility index (Phi) is 6.37. The Balaban J connectivity index is 2.60. The summed E-state index contributed by atoms with van der Waals surface area (Å²) in [4.78, 5) is 14.3. The number of likely N-dealkylation sites (N-methyl/N-ethyl adjacent to an activating group) is 1. The number of rotatable bonds is 7. The molecule has 0 aliphatic heterocycles. The molecule has 0 unspecified atom stereocenters. The zero-order valence-corrected chi connectivity index (χ0v) is 14.0. The van der Waals surface area contributed by atoms with Gasteiger partial charge in [-0.05, 0) is 55.6 Å². The second-order valence-corrected chi connectivity index (χ2v) is 6.52. The van der Waals surface area contributed by atoms with Gasteiger partial charge < -0.3 is 11.1 Å². The van der Waals surface area contributed by atoms with Crippen LogP contribution in [0.25, 0.3) is 0 Å². The minimum atomic E-state index is 0.0212. The lowest BCUT2D eigenvalue weighted by Gasteiger charge is -2.30. The van der Waals surface area contributed by atoms with Gasteiger partial charge in [0, 0.05) is 12.2 Å². The Morgan fingerprint density at radius 3 is 2.48 bits per heavy atom. The summed E-state index contributed by atoms with van der Waals surface area (Å²) < 4.78 is 0. The van der Waals surface area contributed by atoms with Gasteiger partial charge in [0.2, 0.25) is 5.91 Å². The van der Waals surface area contributed by atoms with Gasteiger partial charge in [0.15, 0.2) is 0 Å². The first kappa shape index (κ1) is 17.7. The van der Waals surface area contributed by atoms with E-state index in [9.17, 15) is 4.79 Å². The fourth-order valence-electron chi connectivity index (χ4n) is 2.17. The highest BCUT2D eigenvalue weighted by Gasteiger charge is 2.20. The van der Waals surface area contributed by atoms with Gasteiger partial charge in [-0.25, -0.2) is 0 Å². The Hall–Kier alpha value is -1.39. The third kappa shape index (κ3) is 5.86. The number of anilines is 1. The monoisotopic (exact) mass is 291 g/mol. The van der Waals surface area contributed by atoms with E-state index in [0.717, 1.165) is 18.8 Å². The van der Waals surface area contributed by atoms with Crippen molar-refractivity contribution in [1.82, 2.24) is 4.90 Å². The van der Waals surface area contributed by atoms with Crippen molar-refractivity contribution in [1.29, 1.82) is 0 Å². The fraction of sp³-hybridized carbons (Fsp3) is 0.588. The molecule has 1 aromatic carbocycles. The number of nitrogens with zero attached hydrogens (tertiary/aromatic N) is 1. The minimum Gasteiger partial charge on any atom is -0.330 e. The van der Waals surface area contributed by atoms with Gasteiger partial charge in [-0.3, -0.25) is 9.69 Å². The maximum Gasteiger partial charge on any atom is 0.238 e. The van der Waals surface area contributed by atoms with Crippen molar-refractivity contribution in [3.63, 3.8) is 0 Å². The molecule has 0 spiro atoms. The third-order valence-corrected chi connectivity index (χ3v) is 3.81. The average Bonchev–Trinajstić information content (AvgIpc) is 2.42. The van der Waals surface area contributed by atoms with E-state index < -0.39 is 0 Å². The summed E-state index contributed by atoms with van der Waals surface area (Å²) in [5.74, 6) is 0.0212. The van der Waals surface area contributed by atoms with E-state index in [2.05, 4.69) is 37.9 Å². The molecule has 0 saturated heterocycles. The van der Waals surface area contributed by atoms with E-state index in [0.29, 0.717) is 13.1 Å². The number of nitrogens with two attached hydrogens (primary N) is 1. The van der Waals surface area contributed by atoms with Gasteiger partial charge in [-0.15, -0.1) is 0 Å². The van der Waals surface area contributed by atoms with Crippen LogP contribution in [0.15, 0.2) is 18.2 Å². The molecule has 0 fully saturated rings. The van der Waals surface area contributed by atoms with Crippen LogP contribution in [0, 0.1) is 19.3 Å². The number of hydrogen-bond acceptors (Lipinski definition) is 3. The van der Waals surface area contributed by atoms with Crippen molar-refractivity contribution in [2.24, 2.45) is 11.1 Å². The second-order valence-electron chi connectivity index (χ2n) is 6.52. The lowest BCUT2D eigenvalue weighted by molar-refractivity contribution is -0.117. The van der Waals surface area contributed by atoms with Crippen molar-refractivity contribution in [2.75, 3.05) is 31.5 Å². The molecular formula is C17H29N3O. The topological polar surface area (TPSA) is 58.4 Å². The molecular weight excluding hydrogens is 262 g/mol. The standard InChI is InChI=1S/C17H29N3O/c1-6-20(12-17(4,5)11-18)10-16(21)19-15-8-7-13(2)14(3)9-15/h7-9H,6,10-12,18H2,1-5H3,(H,19,21). The van der Waals surface area contributed by atoms with E-state index in [1.807, 2.05) is 25.1 Å². The largest absolute Gasteiger partial charge is 0.330 e. The molecule has 1 rings (SSSR count). The molecule has 4 heteroatoms. The third-order valence-electron chi connectivity index (χ3n) is 3.81. The number of benzene rings is 1. The predicted octanol–water partition coefficient (Wildman–Crippen LogP) is 2.55. The van der Waals surface area contributed by atoms with E-state index in [4.69, 9.17) is 5.73 Å². The van der Waals surface area contributed by atoms with E-state index in [1.54, 1.807) is 0 Å². The van der Waals surface area contributed by atoms with Crippen LogP contribution in [0.4, 0.5) is 5.69 Å². The zero-order chi connectivity index (χ0) is 16.0. The van der Waals surface area contributed by atoms with E-state index >= 15 is 0 Å². The maximum atomic E-state index is 12.2. The lowest BCUT2D eigenvalue weighted by atomic mass is 9.93. The Morgan fingerprint density at radius 1 is 1.29 bits per heavy atom. The molecule has 0 bridgehead atoms. The first-order valence-corrected chi connectivity index (χ1v) is 7.57. The number of carbonyl (C=O) groups is 1. The lowest BCUT2D eigenvalue weighted by Crippen LogP contribution is -2.42. The molecule has 0 aromatic heterocycles. The van der Waals surface area contributed by atoms with Crippen LogP contribution >= 0.6 is 0 Å². The normalized spacial score (nSPS) is 11.8. The van der Waals surface area contributed by atoms with E-state index in [1.165, 1.54) is 11.1 Å². The molecule has 1 amide bonds. The van der Waals surface area contributed by atoms with Crippen molar-refractivity contribution >= 4 is 11.6 Å². The number of carbonyl (C=O) groups excluding carboxylic acids is 1. The Bertz CT molecular complexity index is 483. The van der Waals surface area contributed by atoms with Crippen LogP contribution in [0.5, 0.6) is 0 Å². The minimum absolute atomic E-state index is 0.0212. The Labute approximate surface area is 128 Å². The SMILES string of the molecule is CCN(CC(=O)Nc1ccc(C)c(C)c1)CC(C)(C)CN. The number of hydrogen-bond donors (Lipinski definition) is 2. The van der Waals surface area contributed by atoms with Crippen LogP contribution < -0.4 is 11.1 Å². The van der Waals surface area contributed by atoms with Crippen LogP contribution in [0.2, 0.25) is 0 Å². The van der Waals surface area contributed by atoms with Gasteiger partial charge in [0.25, 0.3) is 0 Å². The maximum absolute atomic E-state index is 12.2. The van der Waals surface area contributed by atoms with Crippen LogP contribution in [-0.4, -0.2) is 37.0 Å². The smallest absolute Gasteiger partial charge is 0.238 e. The number of amides is 1. The van der Waals surface area contributed by atoms with Crippen LogP contribution in [0.1, 0.15) is 31.9 Å². The van der Waals surface area contributed by atoms with Gasteiger partial charge in [0.1, 0.15) is 0 Å². The summed E-state index contributed by atoms with van der Waals surface area (Å²) >= 11 is 0. The number of nitrogens with one attached hydrogen (secondary N) is 1. The first-order chi connectivity index (χ1) is 9.77. The highest BCUT2D eigenvalue weighted by molar-refractivity contribution is 5.92. The molecule has 118 valence electrons. The number of aryl methyl sites for hydroxylation is 2. The highest BCUT2D eigenvalue weighted by atomic mass is 16.2. The quantitative estimate of drug-likeness (QED) is 0.811. The van der Waals surface area contributed by atoms with Gasteiger partial charge >= 0.3 is 0 Å². The van der Waals surface area contributed by atoms with Crippen LogP contribution in [0.3, 0.4) is 0 Å². The van der Waals surface area contributed by atoms with E-state index in [-0.39, 0.29) is 11.3 Å². The summed E-state index contributed by atoms with van der Waals surface area (Å²) in [5, 5.41) is 2.97. The van der Waals surface area contributed by atoms with Crippen molar-refractivity contribution < 1.29 is 4.79 Å². The molecule has 3 N–H and O–H groups in total. The summed E-state index contributed by atoms with van der Waals surface area (Å²) in [6.07, 6.45) is 0. The van der Waals surface area contributed by atoms with Crippen molar-refractivity contribution in [3.8, 4) is 0 Å². The van der Waals surface area contributed by atoms with Gasteiger partial charge in [-0.2, -0.15) is 0 Å². The first-order valence-electron chi connectivity index (χ1n) is 7.57. The molecule has 1 aromatic rings. The molecule has 0 saturated carbocycles. The van der Waals surface area contributed by atoms with Gasteiger partial charge in [-0.1, -0.05) is 26.8 Å². The molecule has 0 aliphatic rings. The summed E-state index contributed by atoms with van der Waals surface area (Å²) in [5.41, 5.74) is 9.06. The summed E-state index contributed by atoms with van der Waals surface area (Å²) in [6.45, 7) is 13.1. The Morgan fingerprint density at radius 2 is 1.95 bits per heavy atom. The van der Waals surface area contributed by atoms with Crippen LogP contribution in [-0.2, 0) is 4.79 Å². The highest BCUT2D eigenvalue weighted by Crippen LogP contribution is 2.16. The molecule has 0 aliphatic carbocycles. The van der Waals surface area contributed by atoms with Crippen molar-refractivity contribution in [3.05, 3.63) is 29.3 Å². The zero-order valence-electron chi connectivity index (χ0n) is 14.0. The summed E-state index contributed by atoms with van der Waals surface area (Å²) in [6, 6.07) is 5.98. The molecule has 4 nitrogen and oxygen atoms in total. The molecule has 0 radical (unpaired) electrons.